The van der Waals surface area contributed by atoms with Gasteiger partial charge in [0.05, 0.1) is 22.9 Å². The molecule has 0 aliphatic rings. The van der Waals surface area contributed by atoms with Crippen molar-refractivity contribution in [2.24, 2.45) is 0 Å². The molecule has 2 heterocycles. The zero-order valence-electron chi connectivity index (χ0n) is 12.1. The van der Waals surface area contributed by atoms with Crippen molar-refractivity contribution >= 4 is 11.0 Å². The van der Waals surface area contributed by atoms with E-state index in [1.807, 2.05) is 48.5 Å². The van der Waals surface area contributed by atoms with Gasteiger partial charge in [0.2, 0.25) is 5.95 Å². The van der Waals surface area contributed by atoms with E-state index in [2.05, 4.69) is 15.0 Å². The molecule has 0 fully saturated rings. The number of aromatic nitrogens is 3. The molecule has 0 aliphatic carbocycles. The van der Waals surface area contributed by atoms with Crippen LogP contribution in [0.1, 0.15) is 0 Å². The van der Waals surface area contributed by atoms with Crippen LogP contribution in [0.2, 0.25) is 0 Å². The van der Waals surface area contributed by atoms with E-state index in [-0.39, 0.29) is 0 Å². The first kappa shape index (κ1) is 13.5. The highest BCUT2D eigenvalue weighted by atomic mass is 19.1. The summed E-state index contributed by atoms with van der Waals surface area (Å²) in [6, 6.07) is 18.8. The second-order valence-electron chi connectivity index (χ2n) is 5.19. The third kappa shape index (κ3) is 2.66. The van der Waals surface area contributed by atoms with Crippen molar-refractivity contribution in [2.45, 2.75) is 0 Å². The van der Waals surface area contributed by atoms with Gasteiger partial charge in [-0.3, -0.25) is 4.98 Å². The monoisotopic (exact) mass is 301 g/mol. The minimum Gasteiger partial charge on any atom is -0.252 e. The van der Waals surface area contributed by atoms with Gasteiger partial charge in [0.1, 0.15) is 0 Å². The molecule has 0 bridgehead atoms. The van der Waals surface area contributed by atoms with Crippen molar-refractivity contribution in [1.29, 1.82) is 0 Å². The third-order valence-electron chi connectivity index (χ3n) is 3.69. The van der Waals surface area contributed by atoms with Crippen LogP contribution in [-0.4, -0.2) is 15.0 Å². The number of fused-ring (bicyclic) bond motifs is 1. The summed E-state index contributed by atoms with van der Waals surface area (Å²) >= 11 is 0. The maximum atomic E-state index is 12.9. The summed E-state index contributed by atoms with van der Waals surface area (Å²) in [5.74, 6) is -0.475. The molecule has 0 atom stereocenters. The fourth-order valence-electron chi connectivity index (χ4n) is 2.48. The number of pyridine rings is 1. The molecule has 0 saturated carbocycles. The van der Waals surface area contributed by atoms with Gasteiger partial charge in [-0.2, -0.15) is 4.39 Å². The number of halogens is 1. The van der Waals surface area contributed by atoms with Crippen LogP contribution in [-0.2, 0) is 0 Å². The zero-order chi connectivity index (χ0) is 15.6. The Morgan fingerprint density at radius 3 is 2.04 bits per heavy atom. The van der Waals surface area contributed by atoms with Gasteiger partial charge in [-0.05, 0) is 29.8 Å². The van der Waals surface area contributed by atoms with Crippen molar-refractivity contribution in [2.75, 3.05) is 0 Å². The SMILES string of the molecule is Fc1ccc(-c2ccc(-c3cnc4ccccc4n3)cc2)cn1. The predicted molar refractivity (Wildman–Crippen MR) is 88.2 cm³/mol. The summed E-state index contributed by atoms with van der Waals surface area (Å²) in [6.07, 6.45) is 3.30. The third-order valence-corrected chi connectivity index (χ3v) is 3.69. The van der Waals surface area contributed by atoms with Crippen LogP contribution < -0.4 is 0 Å². The Morgan fingerprint density at radius 1 is 0.609 bits per heavy atom. The molecule has 0 amide bonds. The summed E-state index contributed by atoms with van der Waals surface area (Å²) in [5, 5.41) is 0. The van der Waals surface area contributed by atoms with Gasteiger partial charge in [0.15, 0.2) is 0 Å². The van der Waals surface area contributed by atoms with E-state index in [9.17, 15) is 4.39 Å². The normalized spacial score (nSPS) is 10.8. The highest BCUT2D eigenvalue weighted by Gasteiger charge is 2.04. The number of rotatable bonds is 2. The molecule has 4 heteroatoms. The fourth-order valence-corrected chi connectivity index (χ4v) is 2.48. The summed E-state index contributed by atoms with van der Waals surface area (Å²) in [4.78, 5) is 12.7. The van der Waals surface area contributed by atoms with Crippen molar-refractivity contribution in [3.05, 3.63) is 79.0 Å². The molecule has 0 aliphatic heterocycles. The van der Waals surface area contributed by atoms with Crippen molar-refractivity contribution in [3.63, 3.8) is 0 Å². The van der Waals surface area contributed by atoms with Crippen molar-refractivity contribution in [3.8, 4) is 22.4 Å². The average Bonchev–Trinajstić information content (AvgIpc) is 2.62. The van der Waals surface area contributed by atoms with Gasteiger partial charge in [-0.1, -0.05) is 36.4 Å². The lowest BCUT2D eigenvalue weighted by molar-refractivity contribution is 0.584. The van der Waals surface area contributed by atoms with Gasteiger partial charge in [-0.15, -0.1) is 0 Å². The highest BCUT2D eigenvalue weighted by molar-refractivity contribution is 5.77. The summed E-state index contributed by atoms with van der Waals surface area (Å²) in [7, 11) is 0. The van der Waals surface area contributed by atoms with Crippen molar-refractivity contribution in [1.82, 2.24) is 15.0 Å². The average molecular weight is 301 g/mol. The Bertz CT molecular complexity index is 964. The Morgan fingerprint density at radius 2 is 1.30 bits per heavy atom. The Kier molecular flexibility index (Phi) is 3.27. The first-order chi connectivity index (χ1) is 11.3. The zero-order valence-corrected chi connectivity index (χ0v) is 12.1. The highest BCUT2D eigenvalue weighted by Crippen LogP contribution is 2.24. The molecule has 2 aromatic heterocycles. The van der Waals surface area contributed by atoms with Crippen LogP contribution in [0, 0.1) is 5.95 Å². The lowest BCUT2D eigenvalue weighted by Gasteiger charge is -2.05. The number of para-hydroxylation sites is 2. The van der Waals surface area contributed by atoms with E-state index >= 15 is 0 Å². The second-order valence-corrected chi connectivity index (χ2v) is 5.19. The minimum absolute atomic E-state index is 0.475. The Labute approximate surface area is 132 Å². The Hall–Kier alpha value is -3.14. The van der Waals surface area contributed by atoms with Gasteiger partial charge in [0, 0.05) is 17.3 Å². The topological polar surface area (TPSA) is 38.7 Å². The van der Waals surface area contributed by atoms with Gasteiger partial charge < -0.3 is 0 Å². The standard InChI is InChI=1S/C19H12FN3/c20-19-10-9-15(11-22-19)13-5-7-14(8-6-13)18-12-21-16-3-1-2-4-17(16)23-18/h1-12H. The van der Waals surface area contributed by atoms with E-state index < -0.39 is 5.95 Å². The van der Waals surface area contributed by atoms with Crippen LogP contribution in [0.15, 0.2) is 73.1 Å². The fraction of sp³-hybridized carbons (Fsp3) is 0. The lowest BCUT2D eigenvalue weighted by atomic mass is 10.0. The lowest BCUT2D eigenvalue weighted by Crippen LogP contribution is -1.89. The molecule has 3 nitrogen and oxygen atoms in total. The largest absolute Gasteiger partial charge is 0.252 e. The second kappa shape index (κ2) is 5.57. The minimum atomic E-state index is -0.475. The number of benzene rings is 2. The van der Waals surface area contributed by atoms with E-state index in [0.717, 1.165) is 33.4 Å². The molecule has 0 spiro atoms. The molecule has 0 N–H and O–H groups in total. The molecular weight excluding hydrogens is 289 g/mol. The van der Waals surface area contributed by atoms with Crippen LogP contribution >= 0.6 is 0 Å². The number of hydrogen-bond acceptors (Lipinski definition) is 3. The van der Waals surface area contributed by atoms with Gasteiger partial charge in [-0.25, -0.2) is 9.97 Å². The van der Waals surface area contributed by atoms with Crippen LogP contribution in [0.5, 0.6) is 0 Å². The quantitative estimate of drug-likeness (QED) is 0.512. The molecule has 0 unspecified atom stereocenters. The van der Waals surface area contributed by atoms with E-state index in [1.54, 1.807) is 12.3 Å². The molecule has 23 heavy (non-hydrogen) atoms. The smallest absolute Gasteiger partial charge is 0.212 e. The van der Waals surface area contributed by atoms with Crippen LogP contribution in [0.25, 0.3) is 33.4 Å². The molecule has 0 radical (unpaired) electrons. The van der Waals surface area contributed by atoms with Crippen molar-refractivity contribution < 1.29 is 4.39 Å². The molecule has 2 aromatic carbocycles. The molecule has 110 valence electrons. The first-order valence-corrected chi connectivity index (χ1v) is 7.24. The first-order valence-electron chi connectivity index (χ1n) is 7.24. The van der Waals surface area contributed by atoms with Crippen LogP contribution in [0.3, 0.4) is 0 Å². The predicted octanol–water partition coefficient (Wildman–Crippen LogP) is 4.50. The summed E-state index contributed by atoms with van der Waals surface area (Å²) in [6.45, 7) is 0. The van der Waals surface area contributed by atoms with Gasteiger partial charge >= 0.3 is 0 Å². The molecule has 4 rings (SSSR count). The van der Waals surface area contributed by atoms with E-state index in [0.29, 0.717) is 0 Å². The molecular formula is C19H12FN3. The summed E-state index contributed by atoms with van der Waals surface area (Å²) in [5.41, 5.74) is 5.43. The number of nitrogens with zero attached hydrogens (tertiary/aromatic N) is 3. The maximum Gasteiger partial charge on any atom is 0.212 e. The molecule has 0 saturated heterocycles. The van der Waals surface area contributed by atoms with E-state index in [4.69, 9.17) is 0 Å². The Balaban J connectivity index is 1.70. The summed E-state index contributed by atoms with van der Waals surface area (Å²) < 4.78 is 12.9. The molecule has 4 aromatic rings. The maximum absolute atomic E-state index is 12.9. The van der Waals surface area contributed by atoms with Crippen LogP contribution in [0.4, 0.5) is 4.39 Å². The van der Waals surface area contributed by atoms with Gasteiger partial charge in [0.25, 0.3) is 0 Å². The number of hydrogen-bond donors (Lipinski definition) is 0. The van der Waals surface area contributed by atoms with E-state index in [1.165, 1.54) is 12.3 Å².